The second-order valence-corrected chi connectivity index (χ2v) is 6.71. The van der Waals surface area contributed by atoms with Gasteiger partial charge in [0, 0.05) is 27.2 Å². The minimum atomic E-state index is -0.135. The van der Waals surface area contributed by atoms with Gasteiger partial charge in [-0.15, -0.1) is 0 Å². The minimum Gasteiger partial charge on any atom is -0.283 e. The molecular weight excluding hydrogens is 363 g/mol. The lowest BCUT2D eigenvalue weighted by Gasteiger charge is -2.14. The Hall–Kier alpha value is -1.75. The van der Waals surface area contributed by atoms with Gasteiger partial charge in [-0.05, 0) is 18.4 Å². The van der Waals surface area contributed by atoms with E-state index in [2.05, 4.69) is 4.98 Å². The fraction of sp³-hybridized carbons (Fsp3) is 0.111. The van der Waals surface area contributed by atoms with Crippen LogP contribution in [0.1, 0.15) is 5.56 Å². The molecule has 0 atom stereocenters. The normalized spacial score (nSPS) is 10.8. The third kappa shape index (κ3) is 3.51. The zero-order valence-electron chi connectivity index (χ0n) is 12.9. The lowest BCUT2D eigenvalue weighted by molar-refractivity contribution is 0.648. The van der Waals surface area contributed by atoms with E-state index in [1.54, 1.807) is 28.8 Å². The maximum absolute atomic E-state index is 12.6. The lowest BCUT2D eigenvalue weighted by atomic mass is 10.1. The Bertz CT molecular complexity index is 906. The van der Waals surface area contributed by atoms with Crippen molar-refractivity contribution in [3.05, 3.63) is 80.6 Å². The molecule has 0 radical (unpaired) electrons. The minimum absolute atomic E-state index is 0.135. The van der Waals surface area contributed by atoms with Crippen molar-refractivity contribution in [1.29, 1.82) is 0 Å². The lowest BCUT2D eigenvalue weighted by Crippen LogP contribution is -2.23. The van der Waals surface area contributed by atoms with Crippen molar-refractivity contribution in [3.63, 3.8) is 0 Å². The molecule has 0 N–H and O–H groups in total. The Balaban J connectivity index is 2.08. The van der Waals surface area contributed by atoms with Crippen LogP contribution in [0, 0.1) is 0 Å². The van der Waals surface area contributed by atoms with Crippen LogP contribution in [0.5, 0.6) is 0 Å². The summed E-state index contributed by atoms with van der Waals surface area (Å²) in [6.07, 6.45) is 1.89. The number of nitrogens with zero attached hydrogens (tertiary/aromatic N) is 2. The number of thioether (sulfide) groups is 1. The van der Waals surface area contributed by atoms with Gasteiger partial charge in [-0.25, -0.2) is 4.98 Å². The molecule has 0 bridgehead atoms. The van der Waals surface area contributed by atoms with Gasteiger partial charge in [-0.2, -0.15) is 0 Å². The fourth-order valence-electron chi connectivity index (χ4n) is 2.38. The van der Waals surface area contributed by atoms with Crippen molar-refractivity contribution in [2.45, 2.75) is 11.7 Å². The van der Waals surface area contributed by atoms with Crippen molar-refractivity contribution < 1.29 is 0 Å². The van der Waals surface area contributed by atoms with Crippen LogP contribution in [-0.2, 0) is 6.54 Å². The Labute approximate surface area is 154 Å². The average molecular weight is 377 g/mol. The van der Waals surface area contributed by atoms with Crippen LogP contribution in [0.3, 0.4) is 0 Å². The number of rotatable bonds is 4. The van der Waals surface area contributed by atoms with Gasteiger partial charge in [0.1, 0.15) is 0 Å². The molecule has 2 aromatic carbocycles. The highest BCUT2D eigenvalue weighted by atomic mass is 35.5. The van der Waals surface area contributed by atoms with Crippen LogP contribution >= 0.6 is 35.0 Å². The maximum Gasteiger partial charge on any atom is 0.255 e. The number of benzene rings is 2. The van der Waals surface area contributed by atoms with Gasteiger partial charge in [0.05, 0.1) is 12.2 Å². The van der Waals surface area contributed by atoms with E-state index in [1.807, 2.05) is 36.6 Å². The molecule has 0 aliphatic heterocycles. The Morgan fingerprint density at radius 2 is 1.71 bits per heavy atom. The van der Waals surface area contributed by atoms with E-state index in [4.69, 9.17) is 23.2 Å². The molecular formula is C18H14Cl2N2OS. The van der Waals surface area contributed by atoms with Crippen molar-refractivity contribution in [3.8, 4) is 11.3 Å². The highest BCUT2D eigenvalue weighted by molar-refractivity contribution is 7.98. The first-order valence-electron chi connectivity index (χ1n) is 7.24. The fourth-order valence-corrected chi connectivity index (χ4v) is 3.47. The summed E-state index contributed by atoms with van der Waals surface area (Å²) in [6, 6.07) is 16.5. The first kappa shape index (κ1) is 17.1. The summed E-state index contributed by atoms with van der Waals surface area (Å²) in [5, 5.41) is 1.69. The van der Waals surface area contributed by atoms with Crippen molar-refractivity contribution >= 4 is 35.0 Å². The number of halogens is 2. The molecule has 0 fully saturated rings. The molecule has 24 heavy (non-hydrogen) atoms. The van der Waals surface area contributed by atoms with Crippen LogP contribution in [-0.4, -0.2) is 15.8 Å². The van der Waals surface area contributed by atoms with E-state index >= 15 is 0 Å². The van der Waals surface area contributed by atoms with Gasteiger partial charge < -0.3 is 0 Å². The number of hydrogen-bond acceptors (Lipinski definition) is 3. The standard InChI is InChI=1S/C18H14Cl2N2OS/c1-24-18-21-16(12-6-3-2-4-7-12)10-17(23)22(18)11-13-14(19)8-5-9-15(13)20/h2-10H,11H2,1H3. The molecule has 3 aromatic rings. The third-order valence-corrected chi connectivity index (χ3v) is 4.99. The van der Waals surface area contributed by atoms with Gasteiger partial charge in [-0.1, -0.05) is 71.4 Å². The molecule has 3 nitrogen and oxygen atoms in total. The molecule has 1 heterocycles. The molecule has 3 rings (SSSR count). The van der Waals surface area contributed by atoms with Crippen LogP contribution in [0.2, 0.25) is 10.0 Å². The molecule has 0 spiro atoms. The van der Waals surface area contributed by atoms with Crippen LogP contribution < -0.4 is 5.56 Å². The monoisotopic (exact) mass is 376 g/mol. The quantitative estimate of drug-likeness (QED) is 0.475. The molecule has 0 aliphatic carbocycles. The Morgan fingerprint density at radius 1 is 1.04 bits per heavy atom. The van der Waals surface area contributed by atoms with E-state index in [1.165, 1.54) is 11.8 Å². The van der Waals surface area contributed by atoms with E-state index in [9.17, 15) is 4.79 Å². The highest BCUT2D eigenvalue weighted by Crippen LogP contribution is 2.26. The molecule has 0 saturated heterocycles. The third-order valence-electron chi connectivity index (χ3n) is 3.60. The highest BCUT2D eigenvalue weighted by Gasteiger charge is 2.13. The number of aromatic nitrogens is 2. The second-order valence-electron chi connectivity index (χ2n) is 5.12. The van der Waals surface area contributed by atoms with Crippen molar-refractivity contribution in [2.24, 2.45) is 0 Å². The van der Waals surface area contributed by atoms with E-state index < -0.39 is 0 Å². The Kier molecular flexibility index (Phi) is 5.29. The largest absolute Gasteiger partial charge is 0.283 e. The zero-order chi connectivity index (χ0) is 17.1. The molecule has 6 heteroatoms. The number of hydrogen-bond donors (Lipinski definition) is 0. The summed E-state index contributed by atoms with van der Waals surface area (Å²) in [5.74, 6) is 0. The predicted octanol–water partition coefficient (Wildman–Crippen LogP) is 4.99. The van der Waals surface area contributed by atoms with E-state index in [0.717, 1.165) is 5.56 Å². The molecule has 0 aliphatic rings. The predicted molar refractivity (Wildman–Crippen MR) is 101 cm³/mol. The van der Waals surface area contributed by atoms with Gasteiger partial charge in [0.25, 0.3) is 5.56 Å². The summed E-state index contributed by atoms with van der Waals surface area (Å²) < 4.78 is 1.59. The van der Waals surface area contributed by atoms with Crippen molar-refractivity contribution in [1.82, 2.24) is 9.55 Å². The summed E-state index contributed by atoms with van der Waals surface area (Å²) in [4.78, 5) is 17.3. The van der Waals surface area contributed by atoms with Crippen LogP contribution in [0.4, 0.5) is 0 Å². The molecule has 0 unspecified atom stereocenters. The topological polar surface area (TPSA) is 34.9 Å². The smallest absolute Gasteiger partial charge is 0.255 e. The average Bonchev–Trinajstić information content (AvgIpc) is 2.59. The van der Waals surface area contributed by atoms with E-state index in [-0.39, 0.29) is 12.1 Å². The molecule has 122 valence electrons. The summed E-state index contributed by atoms with van der Waals surface area (Å²) in [6.45, 7) is 0.287. The summed E-state index contributed by atoms with van der Waals surface area (Å²) in [5.41, 5.74) is 2.15. The maximum atomic E-state index is 12.6. The first-order chi connectivity index (χ1) is 11.6. The van der Waals surface area contributed by atoms with Crippen LogP contribution in [0.15, 0.2) is 64.5 Å². The zero-order valence-corrected chi connectivity index (χ0v) is 15.2. The van der Waals surface area contributed by atoms with Gasteiger partial charge in [0.15, 0.2) is 5.16 Å². The summed E-state index contributed by atoms with van der Waals surface area (Å²) >= 11 is 13.9. The molecule has 0 saturated carbocycles. The van der Waals surface area contributed by atoms with Crippen molar-refractivity contribution in [2.75, 3.05) is 6.26 Å². The summed E-state index contributed by atoms with van der Waals surface area (Å²) in [7, 11) is 0. The van der Waals surface area contributed by atoms with E-state index in [0.29, 0.717) is 26.5 Å². The Morgan fingerprint density at radius 3 is 2.33 bits per heavy atom. The van der Waals surface area contributed by atoms with Gasteiger partial charge in [0.2, 0.25) is 0 Å². The van der Waals surface area contributed by atoms with Crippen LogP contribution in [0.25, 0.3) is 11.3 Å². The first-order valence-corrected chi connectivity index (χ1v) is 9.22. The molecule has 0 amide bonds. The molecule has 1 aromatic heterocycles. The second kappa shape index (κ2) is 7.43. The van der Waals surface area contributed by atoms with Gasteiger partial charge in [-0.3, -0.25) is 9.36 Å². The SMILES string of the molecule is CSc1nc(-c2ccccc2)cc(=O)n1Cc1c(Cl)cccc1Cl. The van der Waals surface area contributed by atoms with Gasteiger partial charge >= 0.3 is 0 Å².